The van der Waals surface area contributed by atoms with Crippen molar-refractivity contribution in [3.05, 3.63) is 34.7 Å². The number of thiophene rings is 1. The molecule has 1 aromatic heterocycles. The van der Waals surface area contributed by atoms with Gasteiger partial charge in [0.1, 0.15) is 4.88 Å². The van der Waals surface area contributed by atoms with Crippen molar-refractivity contribution in [1.82, 2.24) is 4.90 Å². The molecule has 0 amide bonds. The van der Waals surface area contributed by atoms with E-state index in [2.05, 4.69) is 4.90 Å². The average molecular weight is 293 g/mol. The first kappa shape index (κ1) is 15.0. The second-order valence-electron chi connectivity index (χ2n) is 5.00. The summed E-state index contributed by atoms with van der Waals surface area (Å²) in [7, 11) is 0. The largest absolute Gasteiger partial charge is 0.477 e. The molecular weight excluding hydrogens is 274 g/mol. The zero-order valence-corrected chi connectivity index (χ0v) is 12.5. The highest BCUT2D eigenvalue weighted by Crippen LogP contribution is 2.32. The lowest BCUT2D eigenvalue weighted by Crippen LogP contribution is -2.33. The molecule has 2 N–H and O–H groups in total. The molecule has 4 nitrogen and oxygen atoms in total. The molecule has 2 rings (SSSR count). The number of benzene rings is 1. The van der Waals surface area contributed by atoms with E-state index in [1.165, 1.54) is 11.3 Å². The number of carboxylic acid groups (broad SMARTS) is 1. The Bertz CT molecular complexity index is 606. The lowest BCUT2D eigenvalue weighted by atomic mass is 10.1. The third kappa shape index (κ3) is 3.00. The molecular formula is C15H19NO3S. The molecule has 0 spiro atoms. The maximum Gasteiger partial charge on any atom is 0.346 e. The van der Waals surface area contributed by atoms with Gasteiger partial charge in [0.25, 0.3) is 0 Å². The van der Waals surface area contributed by atoms with E-state index in [9.17, 15) is 9.90 Å². The van der Waals surface area contributed by atoms with Crippen molar-refractivity contribution in [2.24, 2.45) is 0 Å². The van der Waals surface area contributed by atoms with E-state index in [0.29, 0.717) is 18.0 Å². The molecule has 1 aromatic carbocycles. The molecule has 0 aliphatic rings. The van der Waals surface area contributed by atoms with E-state index in [0.717, 1.165) is 15.6 Å². The maximum absolute atomic E-state index is 11.4. The fourth-order valence-electron chi connectivity index (χ4n) is 2.28. The fourth-order valence-corrected chi connectivity index (χ4v) is 3.33. The van der Waals surface area contributed by atoms with Crippen molar-refractivity contribution < 1.29 is 15.0 Å². The highest BCUT2D eigenvalue weighted by atomic mass is 32.1. The second kappa shape index (κ2) is 6.35. The third-order valence-corrected chi connectivity index (χ3v) is 4.57. The number of fused-ring (bicyclic) bond motifs is 1. The van der Waals surface area contributed by atoms with Crippen LogP contribution in [0.4, 0.5) is 0 Å². The first-order valence-electron chi connectivity index (χ1n) is 6.63. The van der Waals surface area contributed by atoms with Gasteiger partial charge in [-0.2, -0.15) is 0 Å². The zero-order chi connectivity index (χ0) is 14.7. The van der Waals surface area contributed by atoms with Gasteiger partial charge in [0.2, 0.25) is 0 Å². The summed E-state index contributed by atoms with van der Waals surface area (Å²) in [6.45, 7) is 5.25. The molecule has 0 atom stereocenters. The molecule has 2 aromatic rings. The maximum atomic E-state index is 11.4. The predicted octanol–water partition coefficient (Wildman–Crippen LogP) is 2.80. The Morgan fingerprint density at radius 3 is 2.65 bits per heavy atom. The quantitative estimate of drug-likeness (QED) is 0.860. The standard InChI is InChI=1S/C15H19NO3S/c1-10(2)16(7-8-17)9-12-11-5-3-4-6-13(11)20-14(12)15(18)19/h3-6,10,17H,7-9H2,1-2H3,(H,18,19). The van der Waals surface area contributed by atoms with Gasteiger partial charge in [-0.15, -0.1) is 11.3 Å². The van der Waals surface area contributed by atoms with Crippen LogP contribution < -0.4 is 0 Å². The third-order valence-electron chi connectivity index (χ3n) is 3.37. The topological polar surface area (TPSA) is 60.8 Å². The van der Waals surface area contributed by atoms with Crippen LogP contribution in [0, 0.1) is 0 Å². The van der Waals surface area contributed by atoms with E-state index >= 15 is 0 Å². The number of aromatic carboxylic acids is 1. The molecule has 108 valence electrons. The minimum Gasteiger partial charge on any atom is -0.477 e. The highest BCUT2D eigenvalue weighted by Gasteiger charge is 2.20. The van der Waals surface area contributed by atoms with Gasteiger partial charge >= 0.3 is 5.97 Å². The van der Waals surface area contributed by atoms with Crippen LogP contribution in [0.15, 0.2) is 24.3 Å². The summed E-state index contributed by atoms with van der Waals surface area (Å²) in [6.07, 6.45) is 0. The van der Waals surface area contributed by atoms with E-state index in [1.807, 2.05) is 38.1 Å². The Morgan fingerprint density at radius 2 is 2.05 bits per heavy atom. The van der Waals surface area contributed by atoms with Crippen LogP contribution in [-0.2, 0) is 6.54 Å². The van der Waals surface area contributed by atoms with Crippen LogP contribution in [0.2, 0.25) is 0 Å². The van der Waals surface area contributed by atoms with Crippen LogP contribution in [0.25, 0.3) is 10.1 Å². The summed E-state index contributed by atoms with van der Waals surface area (Å²) in [5.41, 5.74) is 0.847. The monoisotopic (exact) mass is 293 g/mol. The first-order valence-corrected chi connectivity index (χ1v) is 7.44. The molecule has 0 fully saturated rings. The van der Waals surface area contributed by atoms with Crippen molar-refractivity contribution in [3.63, 3.8) is 0 Å². The number of carbonyl (C=O) groups is 1. The van der Waals surface area contributed by atoms with Crippen LogP contribution in [0.1, 0.15) is 29.1 Å². The SMILES string of the molecule is CC(C)N(CCO)Cc1c(C(=O)O)sc2ccccc12. The van der Waals surface area contributed by atoms with Crippen molar-refractivity contribution in [2.45, 2.75) is 26.4 Å². The lowest BCUT2D eigenvalue weighted by Gasteiger charge is -2.25. The fraction of sp³-hybridized carbons (Fsp3) is 0.400. The van der Waals surface area contributed by atoms with Crippen molar-refractivity contribution in [3.8, 4) is 0 Å². The van der Waals surface area contributed by atoms with Gasteiger partial charge in [0, 0.05) is 23.8 Å². The number of aliphatic hydroxyl groups excluding tert-OH is 1. The minimum absolute atomic E-state index is 0.0721. The number of rotatable bonds is 6. The van der Waals surface area contributed by atoms with Gasteiger partial charge in [-0.3, -0.25) is 4.90 Å². The summed E-state index contributed by atoms with van der Waals surface area (Å²) in [4.78, 5) is 13.9. The van der Waals surface area contributed by atoms with E-state index < -0.39 is 5.97 Å². The van der Waals surface area contributed by atoms with Gasteiger partial charge < -0.3 is 10.2 Å². The zero-order valence-electron chi connectivity index (χ0n) is 11.7. The van der Waals surface area contributed by atoms with Gasteiger partial charge in [-0.25, -0.2) is 4.79 Å². The van der Waals surface area contributed by atoms with E-state index in [4.69, 9.17) is 5.11 Å². The van der Waals surface area contributed by atoms with Crippen LogP contribution in [0.5, 0.6) is 0 Å². The van der Waals surface area contributed by atoms with Crippen LogP contribution in [-0.4, -0.2) is 40.3 Å². The smallest absolute Gasteiger partial charge is 0.346 e. The van der Waals surface area contributed by atoms with Gasteiger partial charge in [-0.1, -0.05) is 18.2 Å². The Morgan fingerprint density at radius 1 is 1.35 bits per heavy atom. The highest BCUT2D eigenvalue weighted by molar-refractivity contribution is 7.21. The second-order valence-corrected chi connectivity index (χ2v) is 6.05. The molecule has 1 heterocycles. The van der Waals surface area contributed by atoms with Gasteiger partial charge in [0.15, 0.2) is 0 Å². The summed E-state index contributed by atoms with van der Waals surface area (Å²) < 4.78 is 0.993. The van der Waals surface area contributed by atoms with Gasteiger partial charge in [-0.05, 0) is 30.9 Å². The molecule has 0 saturated carbocycles. The summed E-state index contributed by atoms with van der Waals surface area (Å²) >= 11 is 1.32. The van der Waals surface area contributed by atoms with E-state index in [1.54, 1.807) is 0 Å². The van der Waals surface area contributed by atoms with Crippen LogP contribution in [0.3, 0.4) is 0 Å². The van der Waals surface area contributed by atoms with E-state index in [-0.39, 0.29) is 12.6 Å². The molecule has 0 saturated heterocycles. The normalized spacial score (nSPS) is 11.7. The number of nitrogens with zero attached hydrogens (tertiary/aromatic N) is 1. The molecule has 5 heteroatoms. The number of hydrogen-bond donors (Lipinski definition) is 2. The molecule has 0 unspecified atom stereocenters. The Kier molecular flexibility index (Phi) is 4.75. The number of aliphatic hydroxyl groups is 1. The van der Waals surface area contributed by atoms with Crippen LogP contribution >= 0.6 is 11.3 Å². The molecule has 20 heavy (non-hydrogen) atoms. The lowest BCUT2D eigenvalue weighted by molar-refractivity contribution is 0.0699. The minimum atomic E-state index is -0.881. The van der Waals surface area contributed by atoms with Crippen molar-refractivity contribution >= 4 is 27.4 Å². The molecule has 0 aliphatic heterocycles. The average Bonchev–Trinajstić information content (AvgIpc) is 2.77. The predicted molar refractivity (Wildman–Crippen MR) is 81.4 cm³/mol. The van der Waals surface area contributed by atoms with Crippen molar-refractivity contribution in [2.75, 3.05) is 13.2 Å². The Hall–Kier alpha value is -1.43. The summed E-state index contributed by atoms with van der Waals surface area (Å²) in [5.74, 6) is -0.881. The van der Waals surface area contributed by atoms with Gasteiger partial charge in [0.05, 0.1) is 6.61 Å². The number of hydrogen-bond acceptors (Lipinski definition) is 4. The Labute approximate surface area is 122 Å². The number of carboxylic acids is 1. The molecule has 0 bridgehead atoms. The summed E-state index contributed by atoms with van der Waals surface area (Å²) in [5, 5.41) is 19.5. The molecule has 0 radical (unpaired) electrons. The summed E-state index contributed by atoms with van der Waals surface area (Å²) in [6, 6.07) is 8.01. The Balaban J connectivity index is 2.45. The first-order chi connectivity index (χ1) is 9.54. The van der Waals surface area contributed by atoms with Crippen molar-refractivity contribution in [1.29, 1.82) is 0 Å². The molecule has 0 aliphatic carbocycles.